The third-order valence-corrected chi connectivity index (χ3v) is 5.10. The smallest absolute Gasteiger partial charge is 0.122 e. The van der Waals surface area contributed by atoms with Gasteiger partial charge in [-0.3, -0.25) is 4.90 Å². The summed E-state index contributed by atoms with van der Waals surface area (Å²) in [6.07, 6.45) is 4.66. The van der Waals surface area contributed by atoms with Gasteiger partial charge in [-0.15, -0.1) is 0 Å². The maximum Gasteiger partial charge on any atom is 0.122 e. The van der Waals surface area contributed by atoms with Gasteiger partial charge in [0, 0.05) is 13.1 Å². The fourth-order valence-electron chi connectivity index (χ4n) is 3.65. The van der Waals surface area contributed by atoms with Gasteiger partial charge < -0.3 is 15.8 Å². The minimum atomic E-state index is 0.272. The van der Waals surface area contributed by atoms with Crippen molar-refractivity contribution in [2.45, 2.75) is 38.3 Å². The molecule has 0 spiro atoms. The molecule has 0 bridgehead atoms. The van der Waals surface area contributed by atoms with Gasteiger partial charge in [-0.05, 0) is 69.1 Å². The number of hydrogen-bond donors (Lipinski definition) is 2. The van der Waals surface area contributed by atoms with Crippen LogP contribution in [0, 0.1) is 0 Å². The van der Waals surface area contributed by atoms with E-state index in [9.17, 15) is 0 Å². The number of ether oxygens (including phenoxy) is 1. The number of nitrogens with two attached hydrogens (primary N) is 1. The predicted octanol–water partition coefficient (Wildman–Crippen LogP) is 3.21. The molecule has 0 fully saturated rings. The van der Waals surface area contributed by atoms with Gasteiger partial charge in [-0.1, -0.05) is 48.5 Å². The van der Waals surface area contributed by atoms with E-state index in [4.69, 9.17) is 10.5 Å². The summed E-state index contributed by atoms with van der Waals surface area (Å²) in [5, 5.41) is 3.48. The van der Waals surface area contributed by atoms with Crippen LogP contribution in [-0.2, 0) is 13.0 Å². The first-order valence-corrected chi connectivity index (χ1v) is 10.3. The van der Waals surface area contributed by atoms with Crippen LogP contribution in [0.4, 0.5) is 0 Å². The molecule has 1 heterocycles. The Morgan fingerprint density at radius 3 is 2.63 bits per heavy atom. The highest BCUT2D eigenvalue weighted by Gasteiger charge is 2.21. The summed E-state index contributed by atoms with van der Waals surface area (Å²) in [4.78, 5) is 2.54. The van der Waals surface area contributed by atoms with Crippen LogP contribution in [0.25, 0.3) is 0 Å². The number of hydrogen-bond acceptors (Lipinski definition) is 4. The van der Waals surface area contributed by atoms with Gasteiger partial charge >= 0.3 is 0 Å². The van der Waals surface area contributed by atoms with E-state index >= 15 is 0 Å². The molecule has 0 aliphatic carbocycles. The van der Waals surface area contributed by atoms with Crippen molar-refractivity contribution >= 4 is 0 Å². The highest BCUT2D eigenvalue weighted by molar-refractivity contribution is 5.35. The first-order valence-electron chi connectivity index (χ1n) is 10.3. The lowest BCUT2D eigenvalue weighted by Crippen LogP contribution is -2.38. The van der Waals surface area contributed by atoms with Crippen LogP contribution in [0.1, 0.15) is 30.4 Å². The number of nitrogens with one attached hydrogen (secondary N) is 1. The Morgan fingerprint density at radius 1 is 1.00 bits per heavy atom. The van der Waals surface area contributed by atoms with E-state index < -0.39 is 0 Å². The molecule has 2 aromatic rings. The van der Waals surface area contributed by atoms with Gasteiger partial charge in [0.25, 0.3) is 0 Å². The maximum atomic E-state index is 6.29. The van der Waals surface area contributed by atoms with E-state index in [2.05, 4.69) is 64.8 Å². The fraction of sp³-hybridized carbons (Fsp3) is 0.478. The van der Waals surface area contributed by atoms with Gasteiger partial charge in [0.15, 0.2) is 0 Å². The molecule has 0 radical (unpaired) electrons. The molecule has 0 saturated heterocycles. The zero-order valence-electron chi connectivity index (χ0n) is 16.3. The SMILES string of the molecule is NCCCNCCCN(Cc1ccccc1)CC1CCc2ccccc2O1. The number of aryl methyl sites for hydroxylation is 1. The molecule has 4 nitrogen and oxygen atoms in total. The summed E-state index contributed by atoms with van der Waals surface area (Å²) in [5.74, 6) is 1.07. The zero-order chi connectivity index (χ0) is 18.7. The van der Waals surface area contributed by atoms with Gasteiger partial charge in [-0.25, -0.2) is 0 Å². The van der Waals surface area contributed by atoms with Crippen molar-refractivity contribution in [1.82, 2.24) is 10.2 Å². The van der Waals surface area contributed by atoms with Crippen molar-refractivity contribution in [3.8, 4) is 5.75 Å². The molecule has 1 aliphatic heterocycles. The summed E-state index contributed by atoms with van der Waals surface area (Å²) in [5.41, 5.74) is 8.26. The minimum absolute atomic E-state index is 0.272. The second-order valence-corrected chi connectivity index (χ2v) is 7.35. The Morgan fingerprint density at radius 2 is 1.78 bits per heavy atom. The second kappa shape index (κ2) is 11.1. The lowest BCUT2D eigenvalue weighted by Gasteiger charge is -2.31. The van der Waals surface area contributed by atoms with Crippen LogP contribution < -0.4 is 15.8 Å². The zero-order valence-corrected chi connectivity index (χ0v) is 16.3. The quantitative estimate of drug-likeness (QED) is 0.599. The number of benzene rings is 2. The number of fused-ring (bicyclic) bond motifs is 1. The van der Waals surface area contributed by atoms with E-state index in [-0.39, 0.29) is 6.10 Å². The Labute approximate surface area is 163 Å². The molecule has 0 amide bonds. The molecule has 2 aromatic carbocycles. The van der Waals surface area contributed by atoms with Crippen molar-refractivity contribution in [1.29, 1.82) is 0 Å². The van der Waals surface area contributed by atoms with Gasteiger partial charge in [0.2, 0.25) is 0 Å². The summed E-state index contributed by atoms with van der Waals surface area (Å²) in [7, 11) is 0. The topological polar surface area (TPSA) is 50.5 Å². The van der Waals surface area contributed by atoms with Crippen molar-refractivity contribution in [2.24, 2.45) is 5.73 Å². The molecule has 1 unspecified atom stereocenters. The third-order valence-electron chi connectivity index (χ3n) is 5.10. The van der Waals surface area contributed by atoms with Gasteiger partial charge in [0.05, 0.1) is 0 Å². The number of rotatable bonds is 11. The minimum Gasteiger partial charge on any atom is -0.489 e. The Balaban J connectivity index is 1.53. The Hall–Kier alpha value is -1.88. The molecular weight excluding hydrogens is 334 g/mol. The van der Waals surface area contributed by atoms with Crippen LogP contribution >= 0.6 is 0 Å². The highest BCUT2D eigenvalue weighted by atomic mass is 16.5. The first kappa shape index (κ1) is 19.9. The van der Waals surface area contributed by atoms with Crippen molar-refractivity contribution < 1.29 is 4.74 Å². The average molecular weight is 368 g/mol. The van der Waals surface area contributed by atoms with Crippen molar-refractivity contribution in [3.63, 3.8) is 0 Å². The lowest BCUT2D eigenvalue weighted by molar-refractivity contribution is 0.109. The molecule has 0 saturated carbocycles. The van der Waals surface area contributed by atoms with E-state index in [0.717, 1.165) is 70.7 Å². The monoisotopic (exact) mass is 367 g/mol. The normalized spacial score (nSPS) is 16.1. The molecule has 1 aliphatic rings. The standard InChI is InChI=1S/C23H33N3O/c24-14-6-15-25-16-7-17-26(18-20-8-2-1-3-9-20)19-22-13-12-21-10-4-5-11-23(21)27-22/h1-5,8-11,22,25H,6-7,12-19,24H2. The van der Waals surface area contributed by atoms with Gasteiger partial charge in [-0.2, -0.15) is 0 Å². The number of para-hydroxylation sites is 1. The lowest BCUT2D eigenvalue weighted by atomic mass is 10.0. The summed E-state index contributed by atoms with van der Waals surface area (Å²) >= 11 is 0. The van der Waals surface area contributed by atoms with Crippen molar-refractivity contribution in [3.05, 3.63) is 65.7 Å². The molecule has 3 N–H and O–H groups in total. The summed E-state index contributed by atoms with van der Waals surface area (Å²) in [6.45, 7) is 5.84. The molecular formula is C23H33N3O. The molecule has 1 atom stereocenters. The largest absolute Gasteiger partial charge is 0.489 e. The van der Waals surface area contributed by atoms with Crippen LogP contribution in [0.3, 0.4) is 0 Å². The third kappa shape index (κ3) is 6.65. The van der Waals surface area contributed by atoms with E-state index in [0.29, 0.717) is 0 Å². The second-order valence-electron chi connectivity index (χ2n) is 7.35. The Kier molecular flexibility index (Phi) is 8.15. The highest BCUT2D eigenvalue weighted by Crippen LogP contribution is 2.27. The molecule has 4 heteroatoms. The molecule has 3 rings (SSSR count). The summed E-state index contributed by atoms with van der Waals surface area (Å²) in [6, 6.07) is 19.2. The van der Waals surface area contributed by atoms with Crippen molar-refractivity contribution in [2.75, 3.05) is 32.7 Å². The van der Waals surface area contributed by atoms with Crippen LogP contribution in [0.2, 0.25) is 0 Å². The van der Waals surface area contributed by atoms with E-state index in [1.54, 1.807) is 0 Å². The summed E-state index contributed by atoms with van der Waals surface area (Å²) < 4.78 is 6.29. The van der Waals surface area contributed by atoms with Crippen LogP contribution in [0.15, 0.2) is 54.6 Å². The Bertz CT molecular complexity index is 662. The van der Waals surface area contributed by atoms with Crippen LogP contribution in [0.5, 0.6) is 5.75 Å². The molecule has 27 heavy (non-hydrogen) atoms. The van der Waals surface area contributed by atoms with Crippen LogP contribution in [-0.4, -0.2) is 43.7 Å². The molecule has 146 valence electrons. The van der Waals surface area contributed by atoms with Gasteiger partial charge in [0.1, 0.15) is 11.9 Å². The first-order chi connectivity index (χ1) is 13.3. The van der Waals surface area contributed by atoms with E-state index in [1.807, 2.05) is 0 Å². The average Bonchev–Trinajstić information content (AvgIpc) is 2.71. The maximum absolute atomic E-state index is 6.29. The predicted molar refractivity (Wildman–Crippen MR) is 112 cm³/mol. The molecule has 0 aromatic heterocycles. The fourth-order valence-corrected chi connectivity index (χ4v) is 3.65. The number of nitrogens with zero attached hydrogens (tertiary/aromatic N) is 1. The van der Waals surface area contributed by atoms with E-state index in [1.165, 1.54) is 11.1 Å².